The van der Waals surface area contributed by atoms with Crippen molar-refractivity contribution in [2.45, 2.75) is 19.9 Å². The van der Waals surface area contributed by atoms with Crippen molar-refractivity contribution in [1.29, 1.82) is 0 Å². The predicted molar refractivity (Wildman–Crippen MR) is 80.2 cm³/mol. The molecule has 20 heavy (non-hydrogen) atoms. The van der Waals surface area contributed by atoms with Gasteiger partial charge in [0.05, 0.1) is 31.7 Å². The Labute approximate surface area is 127 Å². The molecule has 0 saturated heterocycles. The largest absolute Gasteiger partial charge is 0.496 e. The number of carbonyl (C=O) groups excluding carboxylic acids is 1. The Morgan fingerprint density at radius 3 is 2.55 bits per heavy atom. The fraction of sp³-hybridized carbons (Fsp3) is 0.500. The topological polar surface area (TPSA) is 56.8 Å². The highest BCUT2D eigenvalue weighted by Crippen LogP contribution is 2.32. The van der Waals surface area contributed by atoms with Gasteiger partial charge in [-0.3, -0.25) is 4.79 Å². The first kappa shape index (κ1) is 16.8. The summed E-state index contributed by atoms with van der Waals surface area (Å²) < 4.78 is 16.3. The van der Waals surface area contributed by atoms with Crippen LogP contribution in [0.4, 0.5) is 0 Å². The summed E-state index contributed by atoms with van der Waals surface area (Å²) in [6.45, 7) is 3.35. The summed E-state index contributed by atoms with van der Waals surface area (Å²) in [4.78, 5) is 11.2. The number of halogens is 1. The molecular formula is C14H20BrNO4. The Hall–Kier alpha value is -1.27. The first-order valence-corrected chi connectivity index (χ1v) is 7.18. The van der Waals surface area contributed by atoms with Gasteiger partial charge in [0.2, 0.25) is 0 Å². The highest BCUT2D eigenvalue weighted by atomic mass is 79.9. The van der Waals surface area contributed by atoms with Crippen molar-refractivity contribution in [3.05, 3.63) is 22.2 Å². The lowest BCUT2D eigenvalue weighted by Gasteiger charge is -2.13. The first-order valence-electron chi connectivity index (χ1n) is 6.39. The van der Waals surface area contributed by atoms with Crippen molar-refractivity contribution < 1.29 is 19.0 Å². The van der Waals surface area contributed by atoms with E-state index in [9.17, 15) is 4.79 Å². The van der Waals surface area contributed by atoms with Crippen molar-refractivity contribution in [2.75, 3.05) is 27.4 Å². The number of esters is 1. The van der Waals surface area contributed by atoms with Gasteiger partial charge in [0.1, 0.15) is 11.5 Å². The highest BCUT2D eigenvalue weighted by Gasteiger charge is 2.09. The zero-order chi connectivity index (χ0) is 15.0. The summed E-state index contributed by atoms with van der Waals surface area (Å²) in [6.07, 6.45) is 0.351. The number of hydrogen-bond acceptors (Lipinski definition) is 5. The van der Waals surface area contributed by atoms with Gasteiger partial charge >= 0.3 is 5.97 Å². The number of nitrogens with one attached hydrogen (secondary N) is 1. The second kappa shape index (κ2) is 8.81. The summed E-state index contributed by atoms with van der Waals surface area (Å²) in [5, 5.41) is 3.18. The maximum absolute atomic E-state index is 11.2. The third-order valence-corrected chi connectivity index (χ3v) is 3.30. The van der Waals surface area contributed by atoms with Crippen LogP contribution in [-0.4, -0.2) is 33.3 Å². The maximum Gasteiger partial charge on any atom is 0.307 e. The molecule has 0 atom stereocenters. The van der Waals surface area contributed by atoms with Gasteiger partial charge in [-0.2, -0.15) is 0 Å². The number of ether oxygens (including phenoxy) is 3. The molecule has 112 valence electrons. The Morgan fingerprint density at radius 1 is 1.25 bits per heavy atom. The molecule has 1 aromatic rings. The molecule has 0 amide bonds. The van der Waals surface area contributed by atoms with Crippen LogP contribution in [0.15, 0.2) is 16.6 Å². The van der Waals surface area contributed by atoms with Gasteiger partial charge in [-0.15, -0.1) is 0 Å². The number of methoxy groups -OCH3 is 2. The van der Waals surface area contributed by atoms with Crippen LogP contribution in [0.25, 0.3) is 0 Å². The third-order valence-electron chi connectivity index (χ3n) is 2.68. The molecule has 1 aromatic carbocycles. The smallest absolute Gasteiger partial charge is 0.307 e. The van der Waals surface area contributed by atoms with Crippen molar-refractivity contribution in [2.24, 2.45) is 0 Å². The first-order chi connectivity index (χ1) is 9.62. The van der Waals surface area contributed by atoms with Gasteiger partial charge in [0.15, 0.2) is 0 Å². The Bertz CT molecular complexity index is 451. The minimum absolute atomic E-state index is 0.194. The van der Waals surface area contributed by atoms with Crippen LogP contribution < -0.4 is 14.8 Å². The number of carbonyl (C=O) groups is 1. The normalized spacial score (nSPS) is 10.2. The van der Waals surface area contributed by atoms with E-state index in [4.69, 9.17) is 14.2 Å². The average molecular weight is 346 g/mol. The molecule has 0 saturated carbocycles. The van der Waals surface area contributed by atoms with E-state index in [1.165, 1.54) is 0 Å². The molecule has 6 heteroatoms. The highest BCUT2D eigenvalue weighted by molar-refractivity contribution is 9.10. The van der Waals surface area contributed by atoms with E-state index >= 15 is 0 Å². The predicted octanol–water partition coefficient (Wildman–Crippen LogP) is 2.51. The van der Waals surface area contributed by atoms with E-state index in [1.54, 1.807) is 21.1 Å². The Balaban J connectivity index is 2.56. The minimum Gasteiger partial charge on any atom is -0.496 e. The summed E-state index contributed by atoms with van der Waals surface area (Å²) in [5.74, 6) is 1.31. The molecule has 5 nitrogen and oxygen atoms in total. The van der Waals surface area contributed by atoms with Crippen molar-refractivity contribution in [3.63, 3.8) is 0 Å². The molecule has 1 rings (SSSR count). The number of rotatable bonds is 8. The SMILES string of the molecule is CCOC(=O)CCNCc1cc(OC)c(Br)cc1OC. The van der Waals surface area contributed by atoms with Gasteiger partial charge in [0, 0.05) is 18.7 Å². The summed E-state index contributed by atoms with van der Waals surface area (Å²) >= 11 is 3.41. The molecule has 0 bridgehead atoms. The molecule has 0 aliphatic carbocycles. The summed E-state index contributed by atoms with van der Waals surface area (Å²) in [6, 6.07) is 3.77. The average Bonchev–Trinajstić information content (AvgIpc) is 2.44. The monoisotopic (exact) mass is 345 g/mol. The fourth-order valence-electron chi connectivity index (χ4n) is 1.71. The lowest BCUT2D eigenvalue weighted by Crippen LogP contribution is -2.19. The zero-order valence-electron chi connectivity index (χ0n) is 12.0. The fourth-order valence-corrected chi connectivity index (χ4v) is 2.19. The molecule has 0 fully saturated rings. The van der Waals surface area contributed by atoms with E-state index in [1.807, 2.05) is 12.1 Å². The van der Waals surface area contributed by atoms with Crippen molar-refractivity contribution >= 4 is 21.9 Å². The lowest BCUT2D eigenvalue weighted by atomic mass is 10.2. The second-order valence-corrected chi connectivity index (χ2v) is 4.88. The van der Waals surface area contributed by atoms with E-state index in [2.05, 4.69) is 21.2 Å². The molecule has 0 spiro atoms. The zero-order valence-corrected chi connectivity index (χ0v) is 13.6. The lowest BCUT2D eigenvalue weighted by molar-refractivity contribution is -0.142. The van der Waals surface area contributed by atoms with E-state index < -0.39 is 0 Å². The van der Waals surface area contributed by atoms with Crippen LogP contribution in [0.3, 0.4) is 0 Å². The molecule has 0 heterocycles. The third kappa shape index (κ3) is 5.02. The quantitative estimate of drug-likeness (QED) is 0.579. The van der Waals surface area contributed by atoms with Crippen LogP contribution in [0.5, 0.6) is 11.5 Å². The van der Waals surface area contributed by atoms with Gasteiger partial charge in [0.25, 0.3) is 0 Å². The van der Waals surface area contributed by atoms with Gasteiger partial charge < -0.3 is 19.5 Å². The molecule has 1 N–H and O–H groups in total. The second-order valence-electron chi connectivity index (χ2n) is 4.03. The minimum atomic E-state index is -0.194. The Morgan fingerprint density at radius 2 is 1.95 bits per heavy atom. The molecule has 0 radical (unpaired) electrons. The van der Waals surface area contributed by atoms with Crippen LogP contribution in [0, 0.1) is 0 Å². The molecular weight excluding hydrogens is 326 g/mol. The van der Waals surface area contributed by atoms with E-state index in [0.29, 0.717) is 26.1 Å². The van der Waals surface area contributed by atoms with Crippen molar-refractivity contribution in [1.82, 2.24) is 5.32 Å². The summed E-state index contributed by atoms with van der Waals surface area (Å²) in [5.41, 5.74) is 0.969. The standard InChI is InChI=1S/C14H20BrNO4/c1-4-20-14(17)5-6-16-9-10-7-13(19-3)11(15)8-12(10)18-2/h7-8,16H,4-6,9H2,1-3H3. The summed E-state index contributed by atoms with van der Waals surface area (Å²) in [7, 11) is 3.24. The van der Waals surface area contributed by atoms with E-state index in [0.717, 1.165) is 21.5 Å². The van der Waals surface area contributed by atoms with Crippen molar-refractivity contribution in [3.8, 4) is 11.5 Å². The van der Waals surface area contributed by atoms with Crippen LogP contribution in [-0.2, 0) is 16.1 Å². The Kier molecular flexibility index (Phi) is 7.40. The van der Waals surface area contributed by atoms with E-state index in [-0.39, 0.29) is 5.97 Å². The van der Waals surface area contributed by atoms with Crippen LogP contribution >= 0.6 is 15.9 Å². The molecule has 0 aromatic heterocycles. The van der Waals surface area contributed by atoms with Gasteiger partial charge in [-0.25, -0.2) is 0 Å². The van der Waals surface area contributed by atoms with Gasteiger partial charge in [-0.05, 0) is 35.0 Å². The van der Waals surface area contributed by atoms with Crippen LogP contribution in [0.2, 0.25) is 0 Å². The molecule has 0 unspecified atom stereocenters. The molecule has 0 aliphatic rings. The maximum atomic E-state index is 11.2. The number of hydrogen-bond donors (Lipinski definition) is 1. The van der Waals surface area contributed by atoms with Crippen LogP contribution in [0.1, 0.15) is 18.9 Å². The number of benzene rings is 1. The van der Waals surface area contributed by atoms with Gasteiger partial charge in [-0.1, -0.05) is 0 Å². The molecule has 0 aliphatic heterocycles.